The van der Waals surface area contributed by atoms with Crippen molar-refractivity contribution in [2.24, 2.45) is 0 Å². The minimum Gasteiger partial charge on any atom is -0.338 e. The van der Waals surface area contributed by atoms with Crippen LogP contribution in [0.1, 0.15) is 20.8 Å². The SMILES string of the molecule is Cc1cc(C)c2nc(N(CC[NH+](C)C)C(=O)c3ccc([N+](=O)[O-])s3)sc2c1. The second-order valence-electron chi connectivity index (χ2n) is 6.73. The summed E-state index contributed by atoms with van der Waals surface area (Å²) in [6, 6.07) is 7.03. The number of carbonyl (C=O) groups is 1. The Morgan fingerprint density at radius 2 is 2.00 bits per heavy atom. The Bertz CT molecular complexity index is 1010. The summed E-state index contributed by atoms with van der Waals surface area (Å²) >= 11 is 2.38. The number of fused-ring (bicyclic) bond motifs is 1. The van der Waals surface area contributed by atoms with E-state index in [0.717, 1.165) is 39.2 Å². The van der Waals surface area contributed by atoms with Gasteiger partial charge in [-0.25, -0.2) is 4.98 Å². The van der Waals surface area contributed by atoms with Crippen molar-refractivity contribution in [3.05, 3.63) is 50.4 Å². The first-order valence-corrected chi connectivity index (χ1v) is 10.1. The van der Waals surface area contributed by atoms with Gasteiger partial charge in [-0.3, -0.25) is 19.8 Å². The number of nitro groups is 1. The highest BCUT2D eigenvalue weighted by Gasteiger charge is 2.25. The van der Waals surface area contributed by atoms with Crippen LogP contribution in [0.25, 0.3) is 10.2 Å². The van der Waals surface area contributed by atoms with E-state index in [0.29, 0.717) is 16.6 Å². The zero-order valence-electron chi connectivity index (χ0n) is 15.6. The summed E-state index contributed by atoms with van der Waals surface area (Å²) in [6.45, 7) is 5.28. The largest absolute Gasteiger partial charge is 0.338 e. The summed E-state index contributed by atoms with van der Waals surface area (Å²) in [6.07, 6.45) is 0. The van der Waals surface area contributed by atoms with Crippen LogP contribution in [0.5, 0.6) is 0 Å². The van der Waals surface area contributed by atoms with Gasteiger partial charge in [-0.1, -0.05) is 28.7 Å². The maximum Gasteiger partial charge on any atom is 0.324 e. The molecule has 3 aromatic rings. The minimum absolute atomic E-state index is 0.0349. The maximum absolute atomic E-state index is 13.1. The lowest BCUT2D eigenvalue weighted by Crippen LogP contribution is -3.06. The minimum atomic E-state index is -0.473. The first-order chi connectivity index (χ1) is 12.8. The Morgan fingerprint density at radius 1 is 1.26 bits per heavy atom. The highest BCUT2D eigenvalue weighted by molar-refractivity contribution is 7.22. The van der Waals surface area contributed by atoms with Gasteiger partial charge in [0, 0.05) is 6.07 Å². The molecular formula is C18H21N4O3S2+. The molecule has 7 nitrogen and oxygen atoms in total. The van der Waals surface area contributed by atoms with Crippen molar-refractivity contribution in [2.45, 2.75) is 13.8 Å². The molecule has 27 heavy (non-hydrogen) atoms. The predicted molar refractivity (Wildman–Crippen MR) is 109 cm³/mol. The van der Waals surface area contributed by atoms with Gasteiger partial charge in [-0.05, 0) is 37.1 Å². The van der Waals surface area contributed by atoms with E-state index in [1.807, 2.05) is 27.9 Å². The standard InChI is InChI=1S/C18H20N4O3S2/c1-11-9-12(2)16-14(10-11)27-18(19-16)21(8-7-20(3)4)17(23)13-5-6-15(26-13)22(24)25/h5-6,9-10H,7-8H2,1-4H3/p+1. The van der Waals surface area contributed by atoms with Gasteiger partial charge in [0.2, 0.25) is 0 Å². The first-order valence-electron chi connectivity index (χ1n) is 8.49. The molecule has 1 N–H and O–H groups in total. The van der Waals surface area contributed by atoms with Crippen LogP contribution in [0.2, 0.25) is 0 Å². The number of thiophene rings is 1. The second kappa shape index (κ2) is 7.71. The van der Waals surface area contributed by atoms with E-state index < -0.39 is 4.92 Å². The van der Waals surface area contributed by atoms with Gasteiger partial charge in [-0.15, -0.1) is 0 Å². The van der Waals surface area contributed by atoms with Crippen LogP contribution in [0.15, 0.2) is 24.3 Å². The molecule has 0 radical (unpaired) electrons. The molecule has 2 heterocycles. The fourth-order valence-electron chi connectivity index (χ4n) is 2.77. The normalized spacial score (nSPS) is 11.3. The van der Waals surface area contributed by atoms with Crippen LogP contribution in [0, 0.1) is 24.0 Å². The third kappa shape index (κ3) is 4.15. The number of hydrogen-bond donors (Lipinski definition) is 1. The van der Waals surface area contributed by atoms with E-state index in [9.17, 15) is 14.9 Å². The highest BCUT2D eigenvalue weighted by Crippen LogP contribution is 2.33. The quantitative estimate of drug-likeness (QED) is 0.505. The molecule has 0 saturated heterocycles. The lowest BCUT2D eigenvalue weighted by Gasteiger charge is -2.19. The number of likely N-dealkylation sites (N-methyl/N-ethyl adjacent to an activating group) is 1. The van der Waals surface area contributed by atoms with E-state index in [1.54, 1.807) is 4.90 Å². The predicted octanol–water partition coefficient (Wildman–Crippen LogP) is 2.67. The Hall–Kier alpha value is -2.36. The number of nitrogens with zero attached hydrogens (tertiary/aromatic N) is 3. The molecular weight excluding hydrogens is 384 g/mol. The fourth-order valence-corrected chi connectivity index (χ4v) is 4.70. The summed E-state index contributed by atoms with van der Waals surface area (Å²) in [5, 5.41) is 11.5. The molecule has 2 aromatic heterocycles. The average molecular weight is 406 g/mol. The number of amides is 1. The van der Waals surface area contributed by atoms with Crippen molar-refractivity contribution in [1.82, 2.24) is 4.98 Å². The van der Waals surface area contributed by atoms with Gasteiger partial charge in [0.05, 0.1) is 47.2 Å². The van der Waals surface area contributed by atoms with Gasteiger partial charge in [0.1, 0.15) is 0 Å². The van der Waals surface area contributed by atoms with Gasteiger partial charge < -0.3 is 4.90 Å². The molecule has 0 fully saturated rings. The number of quaternary nitrogens is 1. The van der Waals surface area contributed by atoms with Crippen molar-refractivity contribution in [1.29, 1.82) is 0 Å². The van der Waals surface area contributed by atoms with E-state index in [-0.39, 0.29) is 10.9 Å². The molecule has 0 unspecified atom stereocenters. The smallest absolute Gasteiger partial charge is 0.324 e. The number of thiazole rings is 1. The second-order valence-corrected chi connectivity index (χ2v) is 8.81. The van der Waals surface area contributed by atoms with Crippen molar-refractivity contribution in [3.63, 3.8) is 0 Å². The van der Waals surface area contributed by atoms with Crippen LogP contribution in [0.4, 0.5) is 10.1 Å². The summed E-state index contributed by atoms with van der Waals surface area (Å²) in [4.78, 5) is 31.5. The molecule has 1 amide bonds. The van der Waals surface area contributed by atoms with Crippen molar-refractivity contribution < 1.29 is 14.6 Å². The highest BCUT2D eigenvalue weighted by atomic mass is 32.1. The molecule has 0 spiro atoms. The third-order valence-electron chi connectivity index (χ3n) is 4.11. The molecule has 3 rings (SSSR count). The number of aryl methyl sites for hydroxylation is 2. The number of benzene rings is 1. The third-order valence-corrected chi connectivity index (χ3v) is 6.16. The van der Waals surface area contributed by atoms with Gasteiger partial charge in [0.15, 0.2) is 5.13 Å². The zero-order chi connectivity index (χ0) is 19.7. The van der Waals surface area contributed by atoms with Crippen LogP contribution >= 0.6 is 22.7 Å². The van der Waals surface area contributed by atoms with Gasteiger partial charge in [0.25, 0.3) is 5.91 Å². The fraction of sp³-hybridized carbons (Fsp3) is 0.333. The summed E-state index contributed by atoms with van der Waals surface area (Å²) in [5.41, 5.74) is 3.12. The van der Waals surface area contributed by atoms with Crippen molar-refractivity contribution in [3.8, 4) is 0 Å². The van der Waals surface area contributed by atoms with E-state index in [1.165, 1.54) is 28.4 Å². The Kier molecular flexibility index (Phi) is 5.54. The number of nitrogens with one attached hydrogen (secondary N) is 1. The molecule has 0 bridgehead atoms. The molecule has 0 saturated carbocycles. The summed E-state index contributed by atoms with van der Waals surface area (Å²) < 4.78 is 1.04. The van der Waals surface area contributed by atoms with E-state index in [4.69, 9.17) is 4.98 Å². The van der Waals surface area contributed by atoms with Gasteiger partial charge in [-0.2, -0.15) is 0 Å². The van der Waals surface area contributed by atoms with Crippen molar-refractivity contribution in [2.75, 3.05) is 32.1 Å². The molecule has 9 heteroatoms. The lowest BCUT2D eigenvalue weighted by atomic mass is 10.1. The lowest BCUT2D eigenvalue weighted by molar-refractivity contribution is -0.856. The topological polar surface area (TPSA) is 80.8 Å². The molecule has 0 aliphatic heterocycles. The number of rotatable bonds is 6. The monoisotopic (exact) mass is 405 g/mol. The number of anilines is 1. The average Bonchev–Trinajstić information content (AvgIpc) is 3.21. The maximum atomic E-state index is 13.1. The van der Waals surface area contributed by atoms with Crippen molar-refractivity contribution >= 4 is 48.9 Å². The van der Waals surface area contributed by atoms with Crippen LogP contribution in [-0.4, -0.2) is 43.0 Å². The first kappa shape index (κ1) is 19.4. The molecule has 0 atom stereocenters. The van der Waals surface area contributed by atoms with Gasteiger partial charge >= 0.3 is 5.00 Å². The van der Waals surface area contributed by atoms with Crippen LogP contribution in [0.3, 0.4) is 0 Å². The van der Waals surface area contributed by atoms with E-state index >= 15 is 0 Å². The summed E-state index contributed by atoms with van der Waals surface area (Å²) in [7, 11) is 4.04. The van der Waals surface area contributed by atoms with E-state index in [2.05, 4.69) is 12.1 Å². The molecule has 142 valence electrons. The Balaban J connectivity index is 2.01. The molecule has 0 aliphatic carbocycles. The summed E-state index contributed by atoms with van der Waals surface area (Å²) in [5.74, 6) is -0.247. The number of carbonyl (C=O) groups excluding carboxylic acids is 1. The van der Waals surface area contributed by atoms with Crippen LogP contribution < -0.4 is 9.80 Å². The zero-order valence-corrected chi connectivity index (χ0v) is 17.2. The Labute approximate surface area is 165 Å². The number of hydrogen-bond acceptors (Lipinski definition) is 6. The number of aromatic nitrogens is 1. The Morgan fingerprint density at radius 3 is 2.63 bits per heavy atom. The molecule has 1 aromatic carbocycles. The van der Waals surface area contributed by atoms with Crippen LogP contribution in [-0.2, 0) is 0 Å². The molecule has 0 aliphatic rings.